The summed E-state index contributed by atoms with van der Waals surface area (Å²) >= 11 is 0. The number of allylic oxidation sites excluding steroid dienone is 2. The number of nitrogens with zero attached hydrogens (tertiary/aromatic N) is 1. The van der Waals surface area contributed by atoms with Crippen LogP contribution in [-0.4, -0.2) is 75.6 Å². The Morgan fingerprint density at radius 3 is 1.38 bits per heavy atom. The molecule has 0 saturated carbocycles. The second-order valence-corrected chi connectivity index (χ2v) is 18.6. The van der Waals surface area contributed by atoms with Crippen molar-refractivity contribution in [3.63, 3.8) is 0 Å². The maximum absolute atomic E-state index is 12.7. The van der Waals surface area contributed by atoms with Gasteiger partial charge in [0.05, 0.1) is 34.4 Å². The number of quaternary nitrogens is 1. The summed E-state index contributed by atoms with van der Waals surface area (Å²) in [5.41, 5.74) is 0. The van der Waals surface area contributed by atoms with Crippen molar-refractivity contribution in [1.29, 1.82) is 0 Å². The average Bonchev–Trinajstić information content (AvgIpc) is 3.13. The molecule has 8 nitrogen and oxygen atoms in total. The molecule has 0 aromatic rings. The van der Waals surface area contributed by atoms with E-state index in [1.807, 2.05) is 21.1 Å². The van der Waals surface area contributed by atoms with Crippen molar-refractivity contribution < 1.29 is 37.3 Å². The normalized spacial score (nSPS) is 13.8. The molecule has 0 radical (unpaired) electrons. The minimum absolute atomic E-state index is 0.0864. The van der Waals surface area contributed by atoms with Gasteiger partial charge in [-0.15, -0.1) is 0 Å². The lowest BCUT2D eigenvalue weighted by atomic mass is 10.0. The number of carbonyl (C=O) groups excluding carboxylic acids is 1. The summed E-state index contributed by atoms with van der Waals surface area (Å²) in [5.74, 6) is -0.357. The van der Waals surface area contributed by atoms with Crippen LogP contribution in [-0.2, 0) is 27.9 Å². The zero-order chi connectivity index (χ0) is 40.6. The molecule has 0 aliphatic heterocycles. The van der Waals surface area contributed by atoms with E-state index in [2.05, 4.69) is 26.0 Å². The maximum Gasteiger partial charge on any atom is 0.472 e. The van der Waals surface area contributed by atoms with E-state index < -0.39 is 13.9 Å². The molecule has 0 aromatic heterocycles. The summed E-state index contributed by atoms with van der Waals surface area (Å²) in [6, 6.07) is 0. The van der Waals surface area contributed by atoms with E-state index >= 15 is 0 Å². The number of ether oxygens (including phenoxy) is 2. The fourth-order valence-electron chi connectivity index (χ4n) is 6.69. The molecule has 0 saturated heterocycles. The Kier molecular flexibility index (Phi) is 39.5. The van der Waals surface area contributed by atoms with Gasteiger partial charge in [0.1, 0.15) is 19.3 Å². The summed E-state index contributed by atoms with van der Waals surface area (Å²) in [4.78, 5) is 22.9. The number of carbonyl (C=O) groups is 1. The molecular formula is C46H93NO7P+. The fourth-order valence-corrected chi connectivity index (χ4v) is 7.43. The van der Waals surface area contributed by atoms with Crippen LogP contribution in [0.3, 0.4) is 0 Å². The monoisotopic (exact) mass is 803 g/mol. The minimum atomic E-state index is -4.28. The number of unbranched alkanes of at least 4 members (excludes halogenated alkanes) is 28. The number of esters is 1. The summed E-state index contributed by atoms with van der Waals surface area (Å²) in [6.07, 6.45) is 44.0. The van der Waals surface area contributed by atoms with E-state index in [4.69, 9.17) is 18.5 Å². The Morgan fingerprint density at radius 1 is 0.545 bits per heavy atom. The lowest BCUT2D eigenvalue weighted by molar-refractivity contribution is -0.870. The largest absolute Gasteiger partial charge is 0.472 e. The first-order chi connectivity index (χ1) is 26.6. The summed E-state index contributed by atoms with van der Waals surface area (Å²) in [7, 11) is 1.66. The van der Waals surface area contributed by atoms with E-state index in [0.717, 1.165) is 19.3 Å². The molecule has 2 unspecified atom stereocenters. The van der Waals surface area contributed by atoms with Gasteiger partial charge in [0.15, 0.2) is 0 Å². The van der Waals surface area contributed by atoms with Crippen molar-refractivity contribution in [2.45, 2.75) is 225 Å². The van der Waals surface area contributed by atoms with Crippen molar-refractivity contribution in [2.24, 2.45) is 0 Å². The van der Waals surface area contributed by atoms with Gasteiger partial charge >= 0.3 is 13.8 Å². The highest BCUT2D eigenvalue weighted by atomic mass is 31.2. The second-order valence-electron chi connectivity index (χ2n) is 17.1. The molecule has 0 amide bonds. The molecule has 328 valence electrons. The first-order valence-electron chi connectivity index (χ1n) is 23.4. The van der Waals surface area contributed by atoms with Gasteiger partial charge in [-0.25, -0.2) is 4.57 Å². The van der Waals surface area contributed by atoms with E-state index in [0.29, 0.717) is 24.1 Å². The van der Waals surface area contributed by atoms with Crippen molar-refractivity contribution >= 4 is 13.8 Å². The van der Waals surface area contributed by atoms with Crippen LogP contribution < -0.4 is 0 Å². The predicted octanol–water partition coefficient (Wildman–Crippen LogP) is 13.8. The molecule has 1 N–H and O–H groups in total. The molecule has 0 aliphatic carbocycles. The number of phosphoric ester groups is 1. The number of rotatable bonds is 44. The molecule has 0 bridgehead atoms. The molecule has 9 heteroatoms. The van der Waals surface area contributed by atoms with E-state index in [-0.39, 0.29) is 32.2 Å². The third-order valence-electron chi connectivity index (χ3n) is 10.3. The van der Waals surface area contributed by atoms with Gasteiger partial charge in [-0.3, -0.25) is 13.8 Å². The van der Waals surface area contributed by atoms with E-state index in [1.165, 1.54) is 173 Å². The van der Waals surface area contributed by atoms with Gasteiger partial charge in [-0.2, -0.15) is 0 Å². The van der Waals surface area contributed by atoms with Crippen molar-refractivity contribution in [3.8, 4) is 0 Å². The van der Waals surface area contributed by atoms with Gasteiger partial charge in [0, 0.05) is 13.0 Å². The number of hydrogen-bond acceptors (Lipinski definition) is 6. The van der Waals surface area contributed by atoms with Crippen molar-refractivity contribution in [1.82, 2.24) is 0 Å². The summed E-state index contributed by atoms with van der Waals surface area (Å²) in [6.45, 7) is 5.63. The summed E-state index contributed by atoms with van der Waals surface area (Å²) < 4.78 is 35.0. The third-order valence-corrected chi connectivity index (χ3v) is 11.3. The molecule has 0 rings (SSSR count). The van der Waals surface area contributed by atoms with Crippen LogP contribution >= 0.6 is 7.82 Å². The van der Waals surface area contributed by atoms with Crippen LogP contribution in [0.2, 0.25) is 0 Å². The van der Waals surface area contributed by atoms with Gasteiger partial charge in [-0.05, 0) is 25.7 Å². The van der Waals surface area contributed by atoms with Crippen LogP contribution in [0, 0.1) is 0 Å². The zero-order valence-corrected chi connectivity index (χ0v) is 38.1. The SMILES string of the molecule is CCCCCCCCCCCCCCC/C=C\CCC(=O)OC(COCCCCCCCCCCCCCCCCCC)COP(=O)(O)OCC[N+](C)(C)C. The Labute approximate surface area is 341 Å². The molecule has 2 atom stereocenters. The van der Waals surface area contributed by atoms with Crippen LogP contribution in [0.5, 0.6) is 0 Å². The van der Waals surface area contributed by atoms with Crippen LogP contribution in [0.4, 0.5) is 0 Å². The van der Waals surface area contributed by atoms with Gasteiger partial charge in [0.2, 0.25) is 0 Å². The molecule has 0 aliphatic rings. The summed E-state index contributed by atoms with van der Waals surface area (Å²) in [5, 5.41) is 0. The molecule has 0 aromatic carbocycles. The van der Waals surface area contributed by atoms with Gasteiger partial charge < -0.3 is 18.9 Å². The fraction of sp³-hybridized carbons (Fsp3) is 0.935. The molecule has 0 fully saturated rings. The van der Waals surface area contributed by atoms with Crippen molar-refractivity contribution in [3.05, 3.63) is 12.2 Å². The molecule has 0 spiro atoms. The van der Waals surface area contributed by atoms with Gasteiger partial charge in [-0.1, -0.05) is 199 Å². The quantitative estimate of drug-likeness (QED) is 0.0216. The lowest BCUT2D eigenvalue weighted by Gasteiger charge is -2.24. The Balaban J connectivity index is 4.20. The van der Waals surface area contributed by atoms with Crippen LogP contribution in [0.15, 0.2) is 12.2 Å². The van der Waals surface area contributed by atoms with E-state index in [1.54, 1.807) is 0 Å². The van der Waals surface area contributed by atoms with Crippen LogP contribution in [0.25, 0.3) is 0 Å². The highest BCUT2D eigenvalue weighted by Gasteiger charge is 2.26. The van der Waals surface area contributed by atoms with Crippen LogP contribution in [0.1, 0.15) is 219 Å². The standard InChI is InChI=1S/C46H92NO7P/c1-6-8-10-12-14-16-18-20-22-24-25-27-29-31-33-35-37-39-46(48)54-45(44-53-55(49,50)52-42-40-47(3,4)5)43-51-41-38-36-34-32-30-28-26-23-21-19-17-15-13-11-9-7-2/h33,35,45H,6-32,34,36-44H2,1-5H3/p+1/b35-33-. The Morgan fingerprint density at radius 2 is 0.945 bits per heavy atom. The topological polar surface area (TPSA) is 91.3 Å². The molecular weight excluding hydrogens is 709 g/mol. The number of likely N-dealkylation sites (N-methyl/N-ethyl adjacent to an activating group) is 1. The molecule has 0 heterocycles. The lowest BCUT2D eigenvalue weighted by Crippen LogP contribution is -2.37. The number of hydrogen-bond donors (Lipinski definition) is 1. The zero-order valence-electron chi connectivity index (χ0n) is 37.2. The highest BCUT2D eigenvalue weighted by molar-refractivity contribution is 7.47. The Hall–Kier alpha value is -0.760. The van der Waals surface area contributed by atoms with Crippen molar-refractivity contribution in [2.75, 3.05) is 54.1 Å². The smallest absolute Gasteiger partial charge is 0.457 e. The minimum Gasteiger partial charge on any atom is -0.457 e. The first-order valence-corrected chi connectivity index (χ1v) is 24.9. The second kappa shape index (κ2) is 40.0. The molecule has 55 heavy (non-hydrogen) atoms. The van der Waals surface area contributed by atoms with E-state index in [9.17, 15) is 14.3 Å². The predicted molar refractivity (Wildman–Crippen MR) is 234 cm³/mol. The Bertz CT molecular complexity index is 894. The third kappa shape index (κ3) is 44.2. The first kappa shape index (κ1) is 54.2. The highest BCUT2D eigenvalue weighted by Crippen LogP contribution is 2.43. The van der Waals surface area contributed by atoms with Gasteiger partial charge in [0.25, 0.3) is 0 Å². The maximum atomic E-state index is 12.7. The number of phosphoric acid groups is 1. The average molecular weight is 803 g/mol.